The SMILES string of the molecule is C=C(/C=C\C)C(=O)Nc1cc2c(cc1OC)CCCCC2. The van der Waals surface area contributed by atoms with E-state index < -0.39 is 0 Å². The normalized spacial score (nSPS) is 14.4. The van der Waals surface area contributed by atoms with Gasteiger partial charge in [-0.1, -0.05) is 25.2 Å². The first kappa shape index (κ1) is 15.4. The van der Waals surface area contributed by atoms with Crippen molar-refractivity contribution in [3.05, 3.63) is 47.6 Å². The van der Waals surface area contributed by atoms with E-state index in [1.165, 1.54) is 30.4 Å². The molecule has 1 aromatic rings. The van der Waals surface area contributed by atoms with Crippen LogP contribution in [0.5, 0.6) is 5.75 Å². The van der Waals surface area contributed by atoms with Crippen LogP contribution in [0.2, 0.25) is 0 Å². The van der Waals surface area contributed by atoms with Gasteiger partial charge < -0.3 is 10.1 Å². The topological polar surface area (TPSA) is 38.3 Å². The lowest BCUT2D eigenvalue weighted by Gasteiger charge is -2.15. The number of ether oxygens (including phenoxy) is 1. The summed E-state index contributed by atoms with van der Waals surface area (Å²) in [4.78, 5) is 12.1. The summed E-state index contributed by atoms with van der Waals surface area (Å²) >= 11 is 0. The number of fused-ring (bicyclic) bond motifs is 1. The number of methoxy groups -OCH3 is 1. The van der Waals surface area contributed by atoms with Crippen LogP contribution in [0.3, 0.4) is 0 Å². The second-order valence-electron chi connectivity index (χ2n) is 5.36. The highest BCUT2D eigenvalue weighted by Gasteiger charge is 2.15. The molecule has 0 aliphatic heterocycles. The third-order valence-corrected chi connectivity index (χ3v) is 3.82. The Kier molecular flexibility index (Phi) is 5.20. The van der Waals surface area contributed by atoms with E-state index in [1.54, 1.807) is 19.3 Å². The van der Waals surface area contributed by atoms with Crippen molar-refractivity contribution in [2.75, 3.05) is 12.4 Å². The smallest absolute Gasteiger partial charge is 0.255 e. The maximum absolute atomic E-state index is 12.1. The second kappa shape index (κ2) is 7.11. The molecule has 1 aromatic carbocycles. The third-order valence-electron chi connectivity index (χ3n) is 3.82. The molecule has 1 aliphatic rings. The monoisotopic (exact) mass is 285 g/mol. The van der Waals surface area contributed by atoms with E-state index in [9.17, 15) is 4.79 Å². The maximum Gasteiger partial charge on any atom is 0.255 e. The quantitative estimate of drug-likeness (QED) is 0.515. The largest absolute Gasteiger partial charge is 0.495 e. The summed E-state index contributed by atoms with van der Waals surface area (Å²) in [5.74, 6) is 0.525. The number of rotatable bonds is 4. The van der Waals surface area contributed by atoms with Crippen LogP contribution >= 0.6 is 0 Å². The van der Waals surface area contributed by atoms with Crippen molar-refractivity contribution in [2.45, 2.75) is 39.0 Å². The molecular formula is C18H23NO2. The number of aryl methyl sites for hydroxylation is 2. The van der Waals surface area contributed by atoms with Gasteiger partial charge >= 0.3 is 0 Å². The van der Waals surface area contributed by atoms with Crippen LogP contribution in [0.15, 0.2) is 36.4 Å². The highest BCUT2D eigenvalue weighted by atomic mass is 16.5. The molecule has 2 rings (SSSR count). The summed E-state index contributed by atoms with van der Waals surface area (Å²) in [5.41, 5.74) is 3.83. The van der Waals surface area contributed by atoms with Crippen molar-refractivity contribution in [1.82, 2.24) is 0 Å². The molecule has 1 amide bonds. The van der Waals surface area contributed by atoms with Gasteiger partial charge in [0.25, 0.3) is 5.91 Å². The van der Waals surface area contributed by atoms with Gasteiger partial charge in [-0.2, -0.15) is 0 Å². The van der Waals surface area contributed by atoms with E-state index >= 15 is 0 Å². The molecule has 1 aliphatic carbocycles. The number of hydrogen-bond donors (Lipinski definition) is 1. The summed E-state index contributed by atoms with van der Waals surface area (Å²) in [6.07, 6.45) is 9.35. The summed E-state index contributed by atoms with van der Waals surface area (Å²) < 4.78 is 5.43. The number of amides is 1. The Morgan fingerprint density at radius 2 is 1.90 bits per heavy atom. The van der Waals surface area contributed by atoms with Crippen LogP contribution < -0.4 is 10.1 Å². The molecule has 0 atom stereocenters. The van der Waals surface area contributed by atoms with Gasteiger partial charge in [-0.3, -0.25) is 4.79 Å². The van der Waals surface area contributed by atoms with Gasteiger partial charge in [-0.05, 0) is 55.9 Å². The number of hydrogen-bond acceptors (Lipinski definition) is 2. The van der Waals surface area contributed by atoms with Crippen LogP contribution in [0.4, 0.5) is 5.69 Å². The van der Waals surface area contributed by atoms with Crippen LogP contribution in [-0.2, 0) is 17.6 Å². The van der Waals surface area contributed by atoms with Crippen LogP contribution in [0.1, 0.15) is 37.3 Å². The lowest BCUT2D eigenvalue weighted by atomic mass is 10.0. The minimum atomic E-state index is -0.194. The Morgan fingerprint density at radius 3 is 2.52 bits per heavy atom. The molecular weight excluding hydrogens is 262 g/mol. The average Bonchev–Trinajstić information content (AvgIpc) is 2.71. The lowest BCUT2D eigenvalue weighted by molar-refractivity contribution is -0.112. The fourth-order valence-corrected chi connectivity index (χ4v) is 2.69. The van der Waals surface area contributed by atoms with Crippen LogP contribution in [-0.4, -0.2) is 13.0 Å². The molecule has 0 saturated carbocycles. The highest BCUT2D eigenvalue weighted by molar-refractivity contribution is 6.06. The van der Waals surface area contributed by atoms with Crippen molar-refractivity contribution in [1.29, 1.82) is 0 Å². The summed E-state index contributed by atoms with van der Waals surface area (Å²) in [6.45, 7) is 5.62. The maximum atomic E-state index is 12.1. The molecule has 0 aromatic heterocycles. The average molecular weight is 285 g/mol. The predicted octanol–water partition coefficient (Wildman–Crippen LogP) is 4.03. The highest BCUT2D eigenvalue weighted by Crippen LogP contribution is 2.32. The number of carbonyl (C=O) groups is 1. The Hall–Kier alpha value is -2.03. The number of carbonyl (C=O) groups excluding carboxylic acids is 1. The predicted molar refractivity (Wildman–Crippen MR) is 86.8 cm³/mol. The Bertz CT molecular complexity index is 573. The number of anilines is 1. The molecule has 3 heteroatoms. The first-order chi connectivity index (χ1) is 10.2. The zero-order valence-electron chi connectivity index (χ0n) is 12.9. The zero-order chi connectivity index (χ0) is 15.2. The number of benzene rings is 1. The van der Waals surface area contributed by atoms with E-state index in [0.29, 0.717) is 5.57 Å². The van der Waals surface area contributed by atoms with Crippen LogP contribution in [0, 0.1) is 0 Å². The molecule has 3 nitrogen and oxygen atoms in total. The molecule has 0 saturated heterocycles. The minimum Gasteiger partial charge on any atom is -0.495 e. The summed E-state index contributed by atoms with van der Waals surface area (Å²) in [5, 5.41) is 2.90. The molecule has 0 heterocycles. The van der Waals surface area contributed by atoms with Crippen molar-refractivity contribution in [2.24, 2.45) is 0 Å². The van der Waals surface area contributed by atoms with Gasteiger partial charge in [0.2, 0.25) is 0 Å². The lowest BCUT2D eigenvalue weighted by Crippen LogP contribution is -2.14. The molecule has 0 spiro atoms. The van der Waals surface area contributed by atoms with Gasteiger partial charge in [0, 0.05) is 5.57 Å². The third kappa shape index (κ3) is 3.75. The first-order valence-corrected chi connectivity index (χ1v) is 7.48. The fraction of sp³-hybridized carbons (Fsp3) is 0.389. The Balaban J connectivity index is 2.28. The van der Waals surface area contributed by atoms with Gasteiger partial charge in [-0.15, -0.1) is 0 Å². The Labute approximate surface area is 126 Å². The molecule has 0 radical (unpaired) electrons. The Morgan fingerprint density at radius 1 is 1.24 bits per heavy atom. The fourth-order valence-electron chi connectivity index (χ4n) is 2.69. The van der Waals surface area contributed by atoms with Crippen molar-refractivity contribution >= 4 is 11.6 Å². The van der Waals surface area contributed by atoms with Crippen molar-refractivity contribution < 1.29 is 9.53 Å². The molecule has 112 valence electrons. The van der Waals surface area contributed by atoms with E-state index in [2.05, 4.69) is 24.0 Å². The van der Waals surface area contributed by atoms with E-state index in [4.69, 9.17) is 4.74 Å². The second-order valence-corrected chi connectivity index (χ2v) is 5.36. The van der Waals surface area contributed by atoms with Gasteiger partial charge in [0.05, 0.1) is 12.8 Å². The molecule has 0 fully saturated rings. The number of allylic oxidation sites excluding steroid dienone is 1. The molecule has 0 unspecified atom stereocenters. The van der Waals surface area contributed by atoms with E-state index in [1.807, 2.05) is 6.92 Å². The molecule has 0 bridgehead atoms. The zero-order valence-corrected chi connectivity index (χ0v) is 12.9. The minimum absolute atomic E-state index is 0.194. The van der Waals surface area contributed by atoms with Gasteiger partial charge in [-0.25, -0.2) is 0 Å². The van der Waals surface area contributed by atoms with Gasteiger partial charge in [0.15, 0.2) is 0 Å². The van der Waals surface area contributed by atoms with Crippen LogP contribution in [0.25, 0.3) is 0 Å². The summed E-state index contributed by atoms with van der Waals surface area (Å²) in [6, 6.07) is 4.12. The number of nitrogens with one attached hydrogen (secondary N) is 1. The van der Waals surface area contributed by atoms with E-state index in [-0.39, 0.29) is 5.91 Å². The van der Waals surface area contributed by atoms with E-state index in [0.717, 1.165) is 24.3 Å². The first-order valence-electron chi connectivity index (χ1n) is 7.48. The molecule has 21 heavy (non-hydrogen) atoms. The standard InChI is InChI=1S/C18H23NO2/c1-4-8-13(2)18(20)19-16-11-14-9-6-5-7-10-15(14)12-17(16)21-3/h4,8,11-12H,2,5-7,9-10H2,1,3H3,(H,19,20)/b8-4-. The molecule has 1 N–H and O–H groups in total. The van der Waals surface area contributed by atoms with Gasteiger partial charge in [0.1, 0.15) is 5.75 Å². The van der Waals surface area contributed by atoms with Crippen molar-refractivity contribution in [3.8, 4) is 5.75 Å². The van der Waals surface area contributed by atoms with Crippen molar-refractivity contribution in [3.63, 3.8) is 0 Å². The summed E-state index contributed by atoms with van der Waals surface area (Å²) in [7, 11) is 1.63.